The summed E-state index contributed by atoms with van der Waals surface area (Å²) in [7, 11) is 1.57. The Morgan fingerprint density at radius 3 is 2.77 bits per heavy atom. The zero-order chi connectivity index (χ0) is 18.5. The van der Waals surface area contributed by atoms with Crippen LogP contribution in [0.1, 0.15) is 49.5 Å². The van der Waals surface area contributed by atoms with Crippen molar-refractivity contribution in [3.05, 3.63) is 11.0 Å². The maximum absolute atomic E-state index is 12.2. The average Bonchev–Trinajstić information content (AvgIpc) is 3.00. The summed E-state index contributed by atoms with van der Waals surface area (Å²) < 4.78 is 7.18. The van der Waals surface area contributed by atoms with Gasteiger partial charge in [0, 0.05) is 19.7 Å². The van der Waals surface area contributed by atoms with Gasteiger partial charge in [0.1, 0.15) is 11.0 Å². The molecule has 2 aromatic rings. The van der Waals surface area contributed by atoms with Gasteiger partial charge in [-0.25, -0.2) is 4.98 Å². The van der Waals surface area contributed by atoms with Gasteiger partial charge in [-0.05, 0) is 31.4 Å². The maximum atomic E-state index is 12.2. The standard InChI is InChI=1S/C17H25ClN6O2/c1-3-26-10-9-24-14-12(13(23-24)16(25)19-2)21-17(18)22-15(14)20-11-7-5-4-6-8-11/h11H,3-10H2,1-2H3,(H,19,25)(H,20,21,22). The number of aromatic nitrogens is 4. The molecule has 1 fully saturated rings. The van der Waals surface area contributed by atoms with E-state index in [1.165, 1.54) is 19.3 Å². The summed E-state index contributed by atoms with van der Waals surface area (Å²) >= 11 is 6.14. The smallest absolute Gasteiger partial charge is 0.273 e. The Balaban J connectivity index is 2.03. The number of fused-ring (bicyclic) bond motifs is 1. The fourth-order valence-electron chi connectivity index (χ4n) is 3.32. The van der Waals surface area contributed by atoms with E-state index in [0.29, 0.717) is 42.7 Å². The highest BCUT2D eigenvalue weighted by Gasteiger charge is 2.24. The third-order valence-corrected chi connectivity index (χ3v) is 4.77. The zero-order valence-electron chi connectivity index (χ0n) is 15.2. The number of hydrogen-bond donors (Lipinski definition) is 2. The number of amides is 1. The molecule has 0 spiro atoms. The van der Waals surface area contributed by atoms with Gasteiger partial charge in [0.25, 0.3) is 5.91 Å². The molecular weight excluding hydrogens is 356 g/mol. The molecule has 0 atom stereocenters. The van der Waals surface area contributed by atoms with E-state index in [4.69, 9.17) is 16.3 Å². The molecule has 1 saturated carbocycles. The number of carbonyl (C=O) groups excluding carboxylic acids is 1. The highest BCUT2D eigenvalue weighted by atomic mass is 35.5. The van der Waals surface area contributed by atoms with Gasteiger partial charge in [0.2, 0.25) is 5.28 Å². The lowest BCUT2D eigenvalue weighted by Crippen LogP contribution is -2.23. The van der Waals surface area contributed by atoms with Crippen molar-refractivity contribution in [3.63, 3.8) is 0 Å². The highest BCUT2D eigenvalue weighted by molar-refractivity contribution is 6.29. The van der Waals surface area contributed by atoms with E-state index in [1.807, 2.05) is 6.92 Å². The van der Waals surface area contributed by atoms with E-state index in [9.17, 15) is 4.79 Å². The van der Waals surface area contributed by atoms with Crippen LogP contribution in [0.4, 0.5) is 5.82 Å². The van der Waals surface area contributed by atoms with Crippen LogP contribution in [-0.4, -0.2) is 52.0 Å². The molecule has 9 heteroatoms. The van der Waals surface area contributed by atoms with Crippen molar-refractivity contribution >= 4 is 34.4 Å². The first kappa shape index (κ1) is 18.8. The molecule has 8 nitrogen and oxygen atoms in total. The molecule has 0 aliphatic heterocycles. The van der Waals surface area contributed by atoms with Crippen LogP contribution in [0, 0.1) is 0 Å². The first-order valence-electron chi connectivity index (χ1n) is 9.14. The minimum absolute atomic E-state index is 0.102. The quantitative estimate of drug-likeness (QED) is 0.566. The van der Waals surface area contributed by atoms with Crippen LogP contribution in [0.3, 0.4) is 0 Å². The van der Waals surface area contributed by atoms with Crippen molar-refractivity contribution < 1.29 is 9.53 Å². The number of rotatable bonds is 7. The molecule has 0 aromatic carbocycles. The van der Waals surface area contributed by atoms with E-state index >= 15 is 0 Å². The van der Waals surface area contributed by atoms with Gasteiger partial charge in [-0.1, -0.05) is 19.3 Å². The Labute approximate surface area is 157 Å². The second kappa shape index (κ2) is 8.64. The van der Waals surface area contributed by atoms with Crippen molar-refractivity contribution in [1.82, 2.24) is 25.1 Å². The molecule has 3 rings (SSSR count). The van der Waals surface area contributed by atoms with Gasteiger partial charge in [0.05, 0.1) is 13.2 Å². The molecule has 1 aliphatic carbocycles. The summed E-state index contributed by atoms with van der Waals surface area (Å²) in [6.07, 6.45) is 5.86. The summed E-state index contributed by atoms with van der Waals surface area (Å²) in [6, 6.07) is 0.344. The predicted octanol–water partition coefficient (Wildman–Crippen LogP) is 2.62. The third-order valence-electron chi connectivity index (χ3n) is 4.60. The lowest BCUT2D eigenvalue weighted by molar-refractivity contribution is 0.0957. The SMILES string of the molecule is CCOCCn1nc(C(=O)NC)c2nc(Cl)nc(NC3CCCCC3)c21. The highest BCUT2D eigenvalue weighted by Crippen LogP contribution is 2.28. The number of ether oxygens (including phenoxy) is 1. The molecule has 0 unspecified atom stereocenters. The van der Waals surface area contributed by atoms with Crippen LogP contribution < -0.4 is 10.6 Å². The summed E-state index contributed by atoms with van der Waals surface area (Å²) in [5, 5.41) is 10.7. The van der Waals surface area contributed by atoms with Crippen LogP contribution >= 0.6 is 11.6 Å². The Hall–Kier alpha value is -1.93. The second-order valence-electron chi connectivity index (χ2n) is 6.37. The molecule has 0 radical (unpaired) electrons. The average molecular weight is 381 g/mol. The molecular formula is C17H25ClN6O2. The Morgan fingerprint density at radius 2 is 2.08 bits per heavy atom. The van der Waals surface area contributed by atoms with E-state index in [-0.39, 0.29) is 16.9 Å². The summed E-state index contributed by atoms with van der Waals surface area (Å²) in [6.45, 7) is 3.56. The molecule has 1 amide bonds. The second-order valence-corrected chi connectivity index (χ2v) is 6.70. The lowest BCUT2D eigenvalue weighted by atomic mass is 9.95. The van der Waals surface area contributed by atoms with Gasteiger partial charge in [0.15, 0.2) is 11.5 Å². The van der Waals surface area contributed by atoms with Crippen LogP contribution in [0.15, 0.2) is 0 Å². The molecule has 0 bridgehead atoms. The first-order chi connectivity index (χ1) is 12.6. The molecule has 142 valence electrons. The van der Waals surface area contributed by atoms with E-state index < -0.39 is 0 Å². The van der Waals surface area contributed by atoms with Crippen LogP contribution in [0.2, 0.25) is 5.28 Å². The number of hydrogen-bond acceptors (Lipinski definition) is 6. The van der Waals surface area contributed by atoms with Gasteiger partial charge in [-0.3, -0.25) is 9.48 Å². The summed E-state index contributed by atoms with van der Waals surface area (Å²) in [5.41, 5.74) is 1.40. The molecule has 2 aromatic heterocycles. The molecule has 2 N–H and O–H groups in total. The van der Waals surface area contributed by atoms with Crippen LogP contribution in [-0.2, 0) is 11.3 Å². The van der Waals surface area contributed by atoms with Crippen LogP contribution in [0.5, 0.6) is 0 Å². The monoisotopic (exact) mass is 380 g/mol. The normalized spacial score (nSPS) is 15.3. The number of nitrogens with one attached hydrogen (secondary N) is 2. The number of carbonyl (C=O) groups is 1. The van der Waals surface area contributed by atoms with Crippen molar-refractivity contribution in [3.8, 4) is 0 Å². The zero-order valence-corrected chi connectivity index (χ0v) is 16.0. The number of halogens is 1. The van der Waals surface area contributed by atoms with E-state index in [2.05, 4.69) is 25.7 Å². The fraction of sp³-hybridized carbons (Fsp3) is 0.647. The van der Waals surface area contributed by atoms with Gasteiger partial charge < -0.3 is 15.4 Å². The minimum Gasteiger partial charge on any atom is -0.380 e. The van der Waals surface area contributed by atoms with Crippen molar-refractivity contribution in [1.29, 1.82) is 0 Å². The van der Waals surface area contributed by atoms with E-state index in [1.54, 1.807) is 11.7 Å². The van der Waals surface area contributed by atoms with Crippen molar-refractivity contribution in [2.75, 3.05) is 25.6 Å². The van der Waals surface area contributed by atoms with E-state index in [0.717, 1.165) is 12.8 Å². The van der Waals surface area contributed by atoms with Crippen molar-refractivity contribution in [2.45, 2.75) is 51.6 Å². The Bertz CT molecular complexity index is 772. The van der Waals surface area contributed by atoms with Crippen LogP contribution in [0.25, 0.3) is 11.0 Å². The predicted molar refractivity (Wildman–Crippen MR) is 101 cm³/mol. The number of anilines is 1. The van der Waals surface area contributed by atoms with Gasteiger partial charge in [-0.15, -0.1) is 0 Å². The molecule has 2 heterocycles. The Kier molecular flexibility index (Phi) is 6.26. The molecule has 0 saturated heterocycles. The summed E-state index contributed by atoms with van der Waals surface area (Å²) in [4.78, 5) is 20.9. The first-order valence-corrected chi connectivity index (χ1v) is 9.52. The molecule has 1 aliphatic rings. The minimum atomic E-state index is -0.302. The lowest BCUT2D eigenvalue weighted by Gasteiger charge is -2.23. The molecule has 26 heavy (non-hydrogen) atoms. The topological polar surface area (TPSA) is 94.0 Å². The third kappa shape index (κ3) is 4.07. The maximum Gasteiger partial charge on any atom is 0.273 e. The fourth-order valence-corrected chi connectivity index (χ4v) is 3.49. The largest absolute Gasteiger partial charge is 0.380 e. The van der Waals surface area contributed by atoms with Crippen molar-refractivity contribution in [2.24, 2.45) is 0 Å². The number of nitrogens with zero attached hydrogens (tertiary/aromatic N) is 4. The van der Waals surface area contributed by atoms with Gasteiger partial charge in [-0.2, -0.15) is 10.1 Å². The van der Waals surface area contributed by atoms with Gasteiger partial charge >= 0.3 is 0 Å². The summed E-state index contributed by atoms with van der Waals surface area (Å²) in [5.74, 6) is 0.328. The Morgan fingerprint density at radius 1 is 1.31 bits per heavy atom.